The molecule has 0 spiro atoms. The molecule has 0 aliphatic carbocycles. The highest BCUT2D eigenvalue weighted by Gasteiger charge is 2.24. The third-order valence-corrected chi connectivity index (χ3v) is 6.53. The van der Waals surface area contributed by atoms with Crippen LogP contribution in [0.15, 0.2) is 71.6 Å². The quantitative estimate of drug-likeness (QED) is 0.589. The van der Waals surface area contributed by atoms with Gasteiger partial charge < -0.3 is 19.7 Å². The summed E-state index contributed by atoms with van der Waals surface area (Å²) in [5.41, 5.74) is 3.35. The first kappa shape index (κ1) is 20.5. The van der Waals surface area contributed by atoms with Crippen molar-refractivity contribution in [3.05, 3.63) is 77.9 Å². The molecule has 32 heavy (non-hydrogen) atoms. The summed E-state index contributed by atoms with van der Waals surface area (Å²) in [6.45, 7) is 1.70. The molecule has 0 saturated heterocycles. The standard InChI is InChI=1S/C25H22N2O4S/c28-24(27-12-11-17-5-1-3-7-20(17)27)16-32-23-8-4-2-6-19(23)25(29)26-18-9-10-21-22(15-18)31-14-13-30-21/h1-10,15H,11-14,16H2,(H,26,29). The summed E-state index contributed by atoms with van der Waals surface area (Å²) in [7, 11) is 0. The van der Waals surface area contributed by atoms with Crippen molar-refractivity contribution in [2.75, 3.05) is 35.7 Å². The number of hydrogen-bond acceptors (Lipinski definition) is 5. The number of anilines is 2. The fourth-order valence-electron chi connectivity index (χ4n) is 3.91. The molecule has 6 nitrogen and oxygen atoms in total. The molecule has 3 aromatic carbocycles. The van der Waals surface area contributed by atoms with E-state index in [4.69, 9.17) is 9.47 Å². The number of carbonyl (C=O) groups excluding carboxylic acids is 2. The molecule has 2 aliphatic heterocycles. The minimum absolute atomic E-state index is 0.0435. The summed E-state index contributed by atoms with van der Waals surface area (Å²) < 4.78 is 11.1. The van der Waals surface area contributed by atoms with Crippen LogP contribution in [-0.2, 0) is 11.2 Å². The van der Waals surface area contributed by atoms with E-state index in [1.807, 2.05) is 41.3 Å². The van der Waals surface area contributed by atoms with Crippen LogP contribution in [0.25, 0.3) is 0 Å². The van der Waals surface area contributed by atoms with Gasteiger partial charge in [0, 0.05) is 28.9 Å². The van der Waals surface area contributed by atoms with Gasteiger partial charge in [-0.25, -0.2) is 0 Å². The zero-order valence-electron chi connectivity index (χ0n) is 17.4. The number of rotatable bonds is 5. The topological polar surface area (TPSA) is 67.9 Å². The first-order valence-corrected chi connectivity index (χ1v) is 11.5. The average molecular weight is 447 g/mol. The van der Waals surface area contributed by atoms with Gasteiger partial charge in [0.25, 0.3) is 5.91 Å². The van der Waals surface area contributed by atoms with Crippen LogP contribution >= 0.6 is 11.8 Å². The van der Waals surface area contributed by atoms with E-state index in [0.29, 0.717) is 42.5 Å². The van der Waals surface area contributed by atoms with Gasteiger partial charge in [0.15, 0.2) is 11.5 Å². The molecule has 0 bridgehead atoms. The molecule has 5 rings (SSSR count). The van der Waals surface area contributed by atoms with Gasteiger partial charge in [0.1, 0.15) is 13.2 Å². The molecule has 162 valence electrons. The van der Waals surface area contributed by atoms with E-state index in [2.05, 4.69) is 11.4 Å². The molecule has 1 N–H and O–H groups in total. The highest BCUT2D eigenvalue weighted by atomic mass is 32.2. The van der Waals surface area contributed by atoms with Crippen LogP contribution in [0.4, 0.5) is 11.4 Å². The maximum atomic E-state index is 13.0. The van der Waals surface area contributed by atoms with E-state index >= 15 is 0 Å². The van der Waals surface area contributed by atoms with Gasteiger partial charge in [-0.15, -0.1) is 11.8 Å². The van der Waals surface area contributed by atoms with Crippen LogP contribution in [0.1, 0.15) is 15.9 Å². The van der Waals surface area contributed by atoms with Gasteiger partial charge in [0.05, 0.1) is 11.3 Å². The number of amides is 2. The van der Waals surface area contributed by atoms with Crippen molar-refractivity contribution in [1.82, 2.24) is 0 Å². The second-order valence-electron chi connectivity index (χ2n) is 7.52. The summed E-state index contributed by atoms with van der Waals surface area (Å²) in [5.74, 6) is 1.37. The smallest absolute Gasteiger partial charge is 0.256 e. The Balaban J connectivity index is 1.27. The summed E-state index contributed by atoms with van der Waals surface area (Å²) in [6.07, 6.45) is 0.876. The lowest BCUT2D eigenvalue weighted by molar-refractivity contribution is -0.116. The first-order chi connectivity index (χ1) is 15.7. The summed E-state index contributed by atoms with van der Waals surface area (Å²) in [6, 6.07) is 20.7. The van der Waals surface area contributed by atoms with Crippen molar-refractivity contribution in [2.45, 2.75) is 11.3 Å². The number of thioether (sulfide) groups is 1. The number of fused-ring (bicyclic) bond motifs is 2. The molecule has 2 heterocycles. The second-order valence-corrected chi connectivity index (χ2v) is 8.54. The van der Waals surface area contributed by atoms with Crippen LogP contribution < -0.4 is 19.7 Å². The van der Waals surface area contributed by atoms with E-state index in [1.165, 1.54) is 17.3 Å². The maximum Gasteiger partial charge on any atom is 0.256 e. The summed E-state index contributed by atoms with van der Waals surface area (Å²) >= 11 is 1.38. The van der Waals surface area contributed by atoms with E-state index < -0.39 is 0 Å². The molecule has 0 saturated carbocycles. The zero-order chi connectivity index (χ0) is 21.9. The van der Waals surface area contributed by atoms with Crippen LogP contribution in [0, 0.1) is 0 Å². The Labute approximate surface area is 190 Å². The lowest BCUT2D eigenvalue weighted by atomic mass is 10.2. The molecule has 0 atom stereocenters. The molecule has 2 amide bonds. The van der Waals surface area contributed by atoms with Crippen molar-refractivity contribution in [3.8, 4) is 11.5 Å². The monoisotopic (exact) mass is 446 g/mol. The number of nitrogens with one attached hydrogen (secondary N) is 1. The third kappa shape index (κ3) is 4.16. The van der Waals surface area contributed by atoms with Gasteiger partial charge in [-0.1, -0.05) is 30.3 Å². The van der Waals surface area contributed by atoms with Gasteiger partial charge in [-0.2, -0.15) is 0 Å². The van der Waals surface area contributed by atoms with Crippen molar-refractivity contribution in [3.63, 3.8) is 0 Å². The molecule has 7 heteroatoms. The highest BCUT2D eigenvalue weighted by Crippen LogP contribution is 2.33. The molecular weight excluding hydrogens is 424 g/mol. The number of ether oxygens (including phenoxy) is 2. The number of benzene rings is 3. The first-order valence-electron chi connectivity index (χ1n) is 10.5. The van der Waals surface area contributed by atoms with Crippen molar-refractivity contribution in [1.29, 1.82) is 0 Å². The van der Waals surface area contributed by atoms with Crippen molar-refractivity contribution in [2.24, 2.45) is 0 Å². The molecule has 2 aliphatic rings. The van der Waals surface area contributed by atoms with Gasteiger partial charge in [-0.3, -0.25) is 9.59 Å². The SMILES string of the molecule is O=C(Nc1ccc2c(c1)OCCO2)c1ccccc1SCC(=O)N1CCc2ccccc21. The highest BCUT2D eigenvalue weighted by molar-refractivity contribution is 8.00. The summed E-state index contributed by atoms with van der Waals surface area (Å²) in [4.78, 5) is 28.4. The Hall–Kier alpha value is -3.45. The Bertz CT molecular complexity index is 1180. The predicted octanol–water partition coefficient (Wildman–Crippen LogP) is 4.39. The minimum atomic E-state index is -0.233. The van der Waals surface area contributed by atoms with Crippen LogP contribution in [0.2, 0.25) is 0 Å². The van der Waals surface area contributed by atoms with E-state index in [1.54, 1.807) is 24.3 Å². The minimum Gasteiger partial charge on any atom is -0.486 e. The fraction of sp³-hybridized carbons (Fsp3) is 0.200. The Morgan fingerprint density at radius 2 is 1.72 bits per heavy atom. The molecule has 0 fully saturated rings. The van der Waals surface area contributed by atoms with Gasteiger partial charge >= 0.3 is 0 Å². The maximum absolute atomic E-state index is 13.0. The molecule has 0 radical (unpaired) electrons. The second kappa shape index (κ2) is 8.96. The van der Waals surface area contributed by atoms with E-state index in [-0.39, 0.29) is 17.6 Å². The third-order valence-electron chi connectivity index (χ3n) is 5.47. The zero-order valence-corrected chi connectivity index (χ0v) is 18.2. The number of nitrogens with zero attached hydrogens (tertiary/aromatic N) is 1. The van der Waals surface area contributed by atoms with Gasteiger partial charge in [-0.05, 0) is 42.3 Å². The number of hydrogen-bond donors (Lipinski definition) is 1. The van der Waals surface area contributed by atoms with E-state index in [9.17, 15) is 9.59 Å². The van der Waals surface area contributed by atoms with Crippen LogP contribution in [0.5, 0.6) is 11.5 Å². The molecule has 0 aromatic heterocycles. The van der Waals surface area contributed by atoms with Crippen molar-refractivity contribution >= 4 is 35.0 Å². The van der Waals surface area contributed by atoms with E-state index in [0.717, 1.165) is 17.0 Å². The predicted molar refractivity (Wildman–Crippen MR) is 125 cm³/mol. The van der Waals surface area contributed by atoms with Gasteiger partial charge in [0.2, 0.25) is 5.91 Å². The number of carbonyl (C=O) groups is 2. The largest absolute Gasteiger partial charge is 0.486 e. The Kier molecular flexibility index (Phi) is 5.73. The lowest BCUT2D eigenvalue weighted by Gasteiger charge is -2.19. The average Bonchev–Trinajstić information content (AvgIpc) is 3.27. The fourth-order valence-corrected chi connectivity index (χ4v) is 4.84. The number of para-hydroxylation sites is 1. The molecule has 0 unspecified atom stereocenters. The van der Waals surface area contributed by atoms with Crippen LogP contribution in [-0.4, -0.2) is 37.3 Å². The lowest BCUT2D eigenvalue weighted by Crippen LogP contribution is -2.30. The molecular formula is C25H22N2O4S. The Morgan fingerprint density at radius 1 is 0.938 bits per heavy atom. The molecule has 3 aromatic rings. The summed E-state index contributed by atoms with van der Waals surface area (Å²) in [5, 5.41) is 2.92. The van der Waals surface area contributed by atoms with Crippen LogP contribution in [0.3, 0.4) is 0 Å². The Morgan fingerprint density at radius 3 is 2.62 bits per heavy atom. The normalized spacial score (nSPS) is 14.1. The van der Waals surface area contributed by atoms with Crippen molar-refractivity contribution < 1.29 is 19.1 Å².